The van der Waals surface area contributed by atoms with Crippen LogP contribution < -0.4 is 26.0 Å². The summed E-state index contributed by atoms with van der Waals surface area (Å²) in [5.74, 6) is -0.195. The summed E-state index contributed by atoms with van der Waals surface area (Å²) in [6.07, 6.45) is 0.0670. The lowest BCUT2D eigenvalue weighted by atomic mass is 10.1. The van der Waals surface area contributed by atoms with Crippen LogP contribution in [-0.2, 0) is 29.1 Å². The van der Waals surface area contributed by atoms with Gasteiger partial charge < -0.3 is 14.8 Å². The summed E-state index contributed by atoms with van der Waals surface area (Å²) < 4.78 is 12.5. The van der Waals surface area contributed by atoms with Gasteiger partial charge in [0.25, 0.3) is 5.56 Å². The van der Waals surface area contributed by atoms with E-state index in [1.54, 1.807) is 24.3 Å². The molecule has 4 aromatic rings. The molecule has 1 amide bonds. The van der Waals surface area contributed by atoms with E-state index in [4.69, 9.17) is 21.1 Å². The summed E-state index contributed by atoms with van der Waals surface area (Å²) in [5, 5.41) is 3.16. The van der Waals surface area contributed by atoms with Gasteiger partial charge in [0, 0.05) is 12.5 Å². The van der Waals surface area contributed by atoms with Crippen molar-refractivity contribution in [3.8, 4) is 11.5 Å². The largest absolute Gasteiger partial charge is 0.495 e. The molecule has 38 heavy (non-hydrogen) atoms. The SMILES string of the molecule is COc1cc(OC)c(NC(=O)Cn2c(=O)n(CC(=O)Cc3ccc(C)cc3)c(=O)c3ccccc32)cc1Cl. The zero-order valence-corrected chi connectivity index (χ0v) is 21.9. The molecule has 10 heteroatoms. The van der Waals surface area contributed by atoms with Crippen LogP contribution in [0.1, 0.15) is 11.1 Å². The van der Waals surface area contributed by atoms with E-state index in [-0.39, 0.29) is 33.8 Å². The Balaban J connectivity index is 1.66. The van der Waals surface area contributed by atoms with E-state index in [0.717, 1.165) is 15.7 Å². The summed E-state index contributed by atoms with van der Waals surface area (Å²) in [6, 6.07) is 16.9. The highest BCUT2D eigenvalue weighted by atomic mass is 35.5. The number of methoxy groups -OCH3 is 2. The van der Waals surface area contributed by atoms with Crippen molar-refractivity contribution in [3.05, 3.63) is 97.7 Å². The number of ketones is 1. The molecule has 0 aliphatic heterocycles. The van der Waals surface area contributed by atoms with Crippen LogP contribution in [0.25, 0.3) is 10.9 Å². The van der Waals surface area contributed by atoms with Crippen LogP contribution in [0.4, 0.5) is 5.69 Å². The standard InChI is InChI=1S/C28H26ClN3O6/c1-17-8-10-18(11-9-17)12-19(33)15-32-27(35)20-6-4-5-7-23(20)31(28(32)36)16-26(34)30-22-13-21(29)24(37-2)14-25(22)38-3/h4-11,13-14H,12,15-16H2,1-3H3,(H,30,34). The Morgan fingerprint density at radius 1 is 0.895 bits per heavy atom. The predicted molar refractivity (Wildman–Crippen MR) is 146 cm³/mol. The summed E-state index contributed by atoms with van der Waals surface area (Å²) in [7, 11) is 2.89. The number of benzene rings is 3. The van der Waals surface area contributed by atoms with Crippen molar-refractivity contribution in [2.75, 3.05) is 19.5 Å². The molecule has 0 saturated heterocycles. The summed E-state index contributed by atoms with van der Waals surface area (Å²) in [4.78, 5) is 52.4. The van der Waals surface area contributed by atoms with Gasteiger partial charge in [-0.15, -0.1) is 0 Å². The third kappa shape index (κ3) is 5.63. The number of nitrogens with one attached hydrogen (secondary N) is 1. The van der Waals surface area contributed by atoms with Gasteiger partial charge in [-0.1, -0.05) is 53.6 Å². The smallest absolute Gasteiger partial charge is 0.332 e. The molecule has 0 spiro atoms. The molecule has 0 radical (unpaired) electrons. The van der Waals surface area contributed by atoms with E-state index < -0.39 is 30.2 Å². The van der Waals surface area contributed by atoms with Crippen LogP contribution in [0.5, 0.6) is 11.5 Å². The molecule has 0 saturated carbocycles. The Hall–Kier alpha value is -4.37. The molecular weight excluding hydrogens is 510 g/mol. The van der Waals surface area contributed by atoms with Crippen molar-refractivity contribution in [2.24, 2.45) is 0 Å². The maximum Gasteiger partial charge on any atom is 0.332 e. The van der Waals surface area contributed by atoms with Gasteiger partial charge in [-0.3, -0.25) is 23.5 Å². The van der Waals surface area contributed by atoms with Crippen molar-refractivity contribution in [1.29, 1.82) is 0 Å². The number of hydrogen-bond donors (Lipinski definition) is 1. The molecule has 9 nitrogen and oxygen atoms in total. The molecule has 4 rings (SSSR count). The third-order valence-electron chi connectivity index (χ3n) is 6.04. The number of fused-ring (bicyclic) bond motifs is 1. The molecule has 0 atom stereocenters. The normalized spacial score (nSPS) is 10.8. The van der Waals surface area contributed by atoms with Gasteiger partial charge in [-0.2, -0.15) is 0 Å². The van der Waals surface area contributed by atoms with E-state index in [1.165, 1.54) is 30.9 Å². The lowest BCUT2D eigenvalue weighted by molar-refractivity contribution is -0.119. The van der Waals surface area contributed by atoms with E-state index in [0.29, 0.717) is 11.5 Å². The first kappa shape index (κ1) is 26.7. The molecule has 3 aromatic carbocycles. The monoisotopic (exact) mass is 535 g/mol. The number of hydrogen-bond acceptors (Lipinski definition) is 6. The number of carbonyl (C=O) groups is 2. The number of nitrogens with zero attached hydrogens (tertiary/aromatic N) is 2. The predicted octanol–water partition coefficient (Wildman–Crippen LogP) is 3.59. The number of anilines is 1. The minimum atomic E-state index is -0.763. The number of amides is 1. The van der Waals surface area contributed by atoms with E-state index in [2.05, 4.69) is 5.32 Å². The number of carbonyl (C=O) groups excluding carboxylic acids is 2. The molecule has 0 fully saturated rings. The number of aromatic nitrogens is 2. The average Bonchev–Trinajstić information content (AvgIpc) is 2.90. The number of aryl methyl sites for hydroxylation is 1. The molecule has 0 aliphatic carbocycles. The first-order chi connectivity index (χ1) is 18.2. The second kappa shape index (κ2) is 11.4. The van der Waals surface area contributed by atoms with Crippen molar-refractivity contribution < 1.29 is 19.1 Å². The van der Waals surface area contributed by atoms with Gasteiger partial charge in [0.05, 0.1) is 42.4 Å². The number of halogens is 1. The second-order valence-corrected chi connectivity index (χ2v) is 9.12. The lowest BCUT2D eigenvalue weighted by Crippen LogP contribution is -2.43. The van der Waals surface area contributed by atoms with Gasteiger partial charge in [0.2, 0.25) is 5.91 Å². The first-order valence-corrected chi connectivity index (χ1v) is 12.1. The Labute approximate surface area is 223 Å². The van der Waals surface area contributed by atoms with E-state index in [9.17, 15) is 19.2 Å². The second-order valence-electron chi connectivity index (χ2n) is 8.71. The Morgan fingerprint density at radius 3 is 2.26 bits per heavy atom. The number of Topliss-reactive ketones (excluding diaryl/α,β-unsaturated/α-hetero) is 1. The minimum Gasteiger partial charge on any atom is -0.495 e. The summed E-state index contributed by atoms with van der Waals surface area (Å²) in [5.41, 5.74) is 1.04. The highest BCUT2D eigenvalue weighted by Crippen LogP contribution is 2.35. The highest BCUT2D eigenvalue weighted by molar-refractivity contribution is 6.32. The zero-order chi connectivity index (χ0) is 27.4. The Bertz CT molecular complexity index is 1640. The van der Waals surface area contributed by atoms with Gasteiger partial charge in [0.15, 0.2) is 5.78 Å². The van der Waals surface area contributed by atoms with Crippen LogP contribution in [0.2, 0.25) is 5.02 Å². The van der Waals surface area contributed by atoms with Crippen molar-refractivity contribution >= 4 is 39.9 Å². The van der Waals surface area contributed by atoms with Gasteiger partial charge >= 0.3 is 5.69 Å². The number of rotatable bonds is 9. The first-order valence-electron chi connectivity index (χ1n) is 11.7. The van der Waals surface area contributed by atoms with Crippen LogP contribution in [0.3, 0.4) is 0 Å². The van der Waals surface area contributed by atoms with Gasteiger partial charge in [-0.25, -0.2) is 4.79 Å². The van der Waals surface area contributed by atoms with Crippen LogP contribution >= 0.6 is 11.6 Å². The van der Waals surface area contributed by atoms with Crippen LogP contribution in [0.15, 0.2) is 70.3 Å². The fraction of sp³-hybridized carbons (Fsp3) is 0.214. The molecule has 1 aromatic heterocycles. The van der Waals surface area contributed by atoms with E-state index >= 15 is 0 Å². The molecule has 0 aliphatic rings. The maximum absolute atomic E-state index is 13.4. The quantitative estimate of drug-likeness (QED) is 0.351. The van der Waals surface area contributed by atoms with E-state index in [1.807, 2.05) is 31.2 Å². The fourth-order valence-corrected chi connectivity index (χ4v) is 4.36. The zero-order valence-electron chi connectivity index (χ0n) is 21.1. The van der Waals surface area contributed by atoms with Crippen molar-refractivity contribution in [2.45, 2.75) is 26.4 Å². The van der Waals surface area contributed by atoms with Gasteiger partial charge in [0.1, 0.15) is 18.0 Å². The van der Waals surface area contributed by atoms with Crippen LogP contribution in [0, 0.1) is 6.92 Å². The molecule has 1 N–H and O–H groups in total. The van der Waals surface area contributed by atoms with Gasteiger partial charge in [-0.05, 0) is 30.7 Å². The Morgan fingerprint density at radius 2 is 1.58 bits per heavy atom. The Kier molecular flexibility index (Phi) is 7.97. The molecule has 196 valence electrons. The fourth-order valence-electron chi connectivity index (χ4n) is 4.12. The van der Waals surface area contributed by atoms with Crippen molar-refractivity contribution in [3.63, 3.8) is 0 Å². The summed E-state index contributed by atoms with van der Waals surface area (Å²) in [6.45, 7) is 1.11. The molecule has 0 unspecified atom stereocenters. The van der Waals surface area contributed by atoms with Crippen LogP contribution in [-0.4, -0.2) is 35.0 Å². The maximum atomic E-state index is 13.4. The highest BCUT2D eigenvalue weighted by Gasteiger charge is 2.19. The minimum absolute atomic E-state index is 0.0670. The third-order valence-corrected chi connectivity index (χ3v) is 6.33. The average molecular weight is 536 g/mol. The number of ether oxygens (including phenoxy) is 2. The topological polar surface area (TPSA) is 109 Å². The molecular formula is C28H26ClN3O6. The molecule has 1 heterocycles. The molecule has 0 bridgehead atoms. The number of para-hydroxylation sites is 1. The van der Waals surface area contributed by atoms with Crippen molar-refractivity contribution in [1.82, 2.24) is 9.13 Å². The lowest BCUT2D eigenvalue weighted by Gasteiger charge is -2.16. The summed E-state index contributed by atoms with van der Waals surface area (Å²) >= 11 is 6.20.